The monoisotopic (exact) mass is 810 g/mol. The van der Waals surface area contributed by atoms with E-state index >= 15 is 0 Å². The van der Waals surface area contributed by atoms with Crippen LogP contribution in [0.4, 0.5) is 34.1 Å². The molecule has 11 rings (SSSR count). The molecule has 0 atom stereocenters. The minimum Gasteiger partial charge on any atom is -0.310 e. The first-order chi connectivity index (χ1) is 30.7. The molecule has 0 aromatic heterocycles. The molecule has 0 aliphatic heterocycles. The molecule has 9 aromatic rings. The lowest BCUT2D eigenvalue weighted by atomic mass is 9.81. The second-order valence-corrected chi connectivity index (χ2v) is 18.3. The Balaban J connectivity index is 0.902. The topological polar surface area (TPSA) is 6.48 Å². The molecular formula is C61H50N2. The highest BCUT2D eigenvalue weighted by atomic mass is 15.1. The molecule has 0 saturated heterocycles. The summed E-state index contributed by atoms with van der Waals surface area (Å²) in [7, 11) is 0. The third-order valence-electron chi connectivity index (χ3n) is 13.7. The van der Waals surface area contributed by atoms with Gasteiger partial charge in [-0.05, 0) is 134 Å². The van der Waals surface area contributed by atoms with Crippen LogP contribution in [0.5, 0.6) is 0 Å². The van der Waals surface area contributed by atoms with Gasteiger partial charge in [-0.15, -0.1) is 0 Å². The molecule has 63 heavy (non-hydrogen) atoms. The fourth-order valence-corrected chi connectivity index (χ4v) is 10.4. The summed E-state index contributed by atoms with van der Waals surface area (Å²) < 4.78 is 0. The lowest BCUT2D eigenvalue weighted by molar-refractivity contribution is 0.660. The fraction of sp³-hybridized carbons (Fsp3) is 0.115. The molecule has 0 amide bonds. The highest BCUT2D eigenvalue weighted by molar-refractivity contribution is 6.00. The number of fused-ring (bicyclic) bond motifs is 7. The first-order valence-electron chi connectivity index (χ1n) is 22.2. The van der Waals surface area contributed by atoms with E-state index in [9.17, 15) is 0 Å². The molecule has 0 saturated carbocycles. The minimum atomic E-state index is -0.181. The number of nitrogens with zero attached hydrogens (tertiary/aromatic N) is 2. The van der Waals surface area contributed by atoms with Crippen molar-refractivity contribution in [3.8, 4) is 22.3 Å². The first-order valence-corrected chi connectivity index (χ1v) is 22.2. The molecule has 9 aromatic carbocycles. The summed E-state index contributed by atoms with van der Waals surface area (Å²) >= 11 is 0. The van der Waals surface area contributed by atoms with Crippen molar-refractivity contribution >= 4 is 57.0 Å². The molecule has 2 nitrogen and oxygen atoms in total. The molecule has 2 heteroatoms. The predicted octanol–water partition coefficient (Wildman–Crippen LogP) is 16.9. The Morgan fingerprint density at radius 2 is 0.778 bits per heavy atom. The van der Waals surface area contributed by atoms with Crippen LogP contribution in [0.3, 0.4) is 0 Å². The first kappa shape index (κ1) is 38.5. The lowest BCUT2D eigenvalue weighted by Gasteiger charge is -2.30. The number of hydrogen-bond donors (Lipinski definition) is 0. The molecule has 304 valence electrons. The summed E-state index contributed by atoms with van der Waals surface area (Å²) in [5, 5.41) is 2.47. The van der Waals surface area contributed by atoms with Crippen LogP contribution >= 0.6 is 0 Å². The summed E-state index contributed by atoms with van der Waals surface area (Å²) in [5.41, 5.74) is 21.0. The van der Waals surface area contributed by atoms with Gasteiger partial charge in [0.1, 0.15) is 0 Å². The number of hydrogen-bond acceptors (Lipinski definition) is 2. The van der Waals surface area contributed by atoms with Gasteiger partial charge in [0, 0.05) is 44.7 Å². The van der Waals surface area contributed by atoms with Crippen molar-refractivity contribution in [2.75, 3.05) is 9.80 Å². The van der Waals surface area contributed by atoms with Gasteiger partial charge in [-0.3, -0.25) is 0 Å². The molecule has 0 radical (unpaired) electrons. The summed E-state index contributed by atoms with van der Waals surface area (Å²) in [5.74, 6) is 0. The molecule has 2 aliphatic carbocycles. The van der Waals surface area contributed by atoms with Gasteiger partial charge in [-0.25, -0.2) is 0 Å². The van der Waals surface area contributed by atoms with Crippen LogP contribution in [-0.2, 0) is 10.8 Å². The van der Waals surface area contributed by atoms with Crippen LogP contribution in [-0.4, -0.2) is 0 Å². The van der Waals surface area contributed by atoms with E-state index < -0.39 is 0 Å². The highest BCUT2D eigenvalue weighted by Gasteiger charge is 2.38. The van der Waals surface area contributed by atoms with Gasteiger partial charge in [-0.1, -0.05) is 179 Å². The molecule has 0 bridgehead atoms. The Kier molecular flexibility index (Phi) is 9.10. The largest absolute Gasteiger partial charge is 0.310 e. The van der Waals surface area contributed by atoms with E-state index in [1.54, 1.807) is 0 Å². The SMILES string of the molecule is Cc1ccccc1N(c1ccc2c(c1)C(C)(C)c1cc(/C=C/c3ccc4c(c3)C(C)(C)c3cc(N(c5ccccc5)c5ccccc5)ccc3-4)ccc1-2)c1cccc2ccccc12. The zero-order chi connectivity index (χ0) is 42.9. The number of para-hydroxylation sites is 3. The minimum absolute atomic E-state index is 0.159. The van der Waals surface area contributed by atoms with E-state index in [2.05, 4.69) is 257 Å². The number of benzene rings is 9. The van der Waals surface area contributed by atoms with Crippen molar-refractivity contribution in [1.82, 2.24) is 0 Å². The van der Waals surface area contributed by atoms with E-state index in [1.807, 2.05) is 0 Å². The molecule has 0 fully saturated rings. The van der Waals surface area contributed by atoms with Crippen LogP contribution in [0.2, 0.25) is 0 Å². The van der Waals surface area contributed by atoms with Gasteiger partial charge in [0.05, 0.1) is 5.69 Å². The normalized spacial score (nSPS) is 14.0. The number of rotatable bonds is 8. The maximum absolute atomic E-state index is 2.45. The zero-order valence-corrected chi connectivity index (χ0v) is 36.6. The molecule has 0 N–H and O–H groups in total. The van der Waals surface area contributed by atoms with Gasteiger partial charge < -0.3 is 9.80 Å². The van der Waals surface area contributed by atoms with E-state index in [0.29, 0.717) is 0 Å². The fourth-order valence-electron chi connectivity index (χ4n) is 10.4. The summed E-state index contributed by atoms with van der Waals surface area (Å²) in [6.07, 6.45) is 4.58. The Bertz CT molecular complexity index is 3200. The van der Waals surface area contributed by atoms with Crippen LogP contribution < -0.4 is 9.80 Å². The van der Waals surface area contributed by atoms with Gasteiger partial charge in [0.2, 0.25) is 0 Å². The average Bonchev–Trinajstić information content (AvgIpc) is 3.68. The maximum Gasteiger partial charge on any atom is 0.0540 e. The number of anilines is 6. The predicted molar refractivity (Wildman–Crippen MR) is 269 cm³/mol. The maximum atomic E-state index is 2.45. The molecule has 0 heterocycles. The van der Waals surface area contributed by atoms with Crippen LogP contribution in [0.1, 0.15) is 66.6 Å². The van der Waals surface area contributed by atoms with E-state index in [0.717, 1.165) is 11.4 Å². The van der Waals surface area contributed by atoms with Crippen LogP contribution in [0.25, 0.3) is 45.2 Å². The van der Waals surface area contributed by atoms with Crippen LogP contribution in [0, 0.1) is 6.92 Å². The molecular weight excluding hydrogens is 761 g/mol. The van der Waals surface area contributed by atoms with Crippen molar-refractivity contribution in [2.45, 2.75) is 45.4 Å². The van der Waals surface area contributed by atoms with Crippen molar-refractivity contribution < 1.29 is 0 Å². The third-order valence-corrected chi connectivity index (χ3v) is 13.7. The highest BCUT2D eigenvalue weighted by Crippen LogP contribution is 2.53. The molecule has 2 aliphatic rings. The smallest absolute Gasteiger partial charge is 0.0540 e. The Morgan fingerprint density at radius 1 is 0.349 bits per heavy atom. The Hall–Kier alpha value is -7.42. The number of aryl methyl sites for hydroxylation is 1. The van der Waals surface area contributed by atoms with Crippen molar-refractivity contribution in [3.63, 3.8) is 0 Å². The lowest BCUT2D eigenvalue weighted by Crippen LogP contribution is -2.17. The van der Waals surface area contributed by atoms with Crippen LogP contribution in [0.15, 0.2) is 200 Å². The van der Waals surface area contributed by atoms with Gasteiger partial charge >= 0.3 is 0 Å². The quantitative estimate of drug-likeness (QED) is 0.141. The third kappa shape index (κ3) is 6.40. The average molecular weight is 811 g/mol. The van der Waals surface area contributed by atoms with Crippen molar-refractivity contribution in [1.29, 1.82) is 0 Å². The second-order valence-electron chi connectivity index (χ2n) is 18.3. The van der Waals surface area contributed by atoms with Gasteiger partial charge in [0.25, 0.3) is 0 Å². The summed E-state index contributed by atoms with van der Waals surface area (Å²) in [6.45, 7) is 11.7. The van der Waals surface area contributed by atoms with E-state index in [-0.39, 0.29) is 10.8 Å². The Morgan fingerprint density at radius 3 is 1.33 bits per heavy atom. The van der Waals surface area contributed by atoms with Gasteiger partial charge in [0.15, 0.2) is 0 Å². The van der Waals surface area contributed by atoms with Gasteiger partial charge in [-0.2, -0.15) is 0 Å². The van der Waals surface area contributed by atoms with Crippen molar-refractivity contribution in [3.05, 3.63) is 239 Å². The second kappa shape index (κ2) is 14.9. The van der Waals surface area contributed by atoms with E-state index in [4.69, 9.17) is 0 Å². The standard InChI is InChI=1S/C61H50N2/c1-41-17-12-15-25-58(41)63(59-26-16-19-44-18-13-14-24-49(44)59)48-32-36-53-51-34-30-43(38-55(51)61(4,5)57(53)40-48)28-27-42-29-33-50-52-35-31-47(39-56(52)60(2,3)54(50)37-42)62(45-20-8-6-9-21-45)46-22-10-7-11-23-46/h6-40H,1-5H3/b28-27+. The van der Waals surface area contributed by atoms with Crippen molar-refractivity contribution in [2.24, 2.45) is 0 Å². The molecule has 0 spiro atoms. The zero-order valence-electron chi connectivity index (χ0n) is 36.6. The Labute approximate surface area is 372 Å². The summed E-state index contributed by atoms with van der Waals surface area (Å²) in [4.78, 5) is 4.81. The summed E-state index contributed by atoms with van der Waals surface area (Å²) in [6, 6.07) is 73.5. The van der Waals surface area contributed by atoms with E-state index in [1.165, 1.54) is 94.7 Å². The molecule has 0 unspecified atom stereocenters.